The monoisotopic (exact) mass is 342 g/mol. The first-order valence-corrected chi connectivity index (χ1v) is 7.97. The minimum atomic E-state index is -0.424. The van der Waals surface area contributed by atoms with E-state index in [0.29, 0.717) is 40.7 Å². The van der Waals surface area contributed by atoms with E-state index >= 15 is 0 Å². The highest BCUT2D eigenvalue weighted by Crippen LogP contribution is 2.29. The predicted molar refractivity (Wildman–Crippen MR) is 90.9 cm³/mol. The van der Waals surface area contributed by atoms with Gasteiger partial charge in [-0.25, -0.2) is 9.97 Å². The number of fused-ring (bicyclic) bond motifs is 1. The number of aryl methyl sites for hydroxylation is 1. The lowest BCUT2D eigenvalue weighted by Gasteiger charge is -2.35. The minimum absolute atomic E-state index is 0.139. The molecular weight excluding hydrogens is 328 g/mol. The lowest BCUT2D eigenvalue weighted by atomic mass is 10.1. The van der Waals surface area contributed by atoms with E-state index in [4.69, 9.17) is 11.6 Å². The van der Waals surface area contributed by atoms with Crippen molar-refractivity contribution < 1.29 is 9.90 Å². The summed E-state index contributed by atoms with van der Waals surface area (Å²) in [5.74, 6) is 0.562. The van der Waals surface area contributed by atoms with Crippen LogP contribution in [0.15, 0.2) is 36.5 Å². The highest BCUT2D eigenvalue weighted by Gasteiger charge is 2.30. The molecule has 0 spiro atoms. The van der Waals surface area contributed by atoms with E-state index in [-0.39, 0.29) is 5.91 Å². The van der Waals surface area contributed by atoms with Crippen LogP contribution in [0.25, 0.3) is 22.6 Å². The molecule has 1 saturated heterocycles. The van der Waals surface area contributed by atoms with E-state index in [1.165, 1.54) is 0 Å². The molecule has 1 aliphatic heterocycles. The largest absolute Gasteiger partial charge is 0.389 e. The van der Waals surface area contributed by atoms with E-state index in [1.807, 2.05) is 35.9 Å². The average molecular weight is 343 g/mol. The van der Waals surface area contributed by atoms with Crippen LogP contribution in [-0.4, -0.2) is 49.6 Å². The summed E-state index contributed by atoms with van der Waals surface area (Å²) in [4.78, 5) is 22.9. The van der Waals surface area contributed by atoms with Gasteiger partial charge in [0.05, 0.1) is 16.7 Å². The molecule has 1 fully saturated rings. The second kappa shape index (κ2) is 5.58. The minimum Gasteiger partial charge on any atom is -0.389 e. The van der Waals surface area contributed by atoms with Crippen LogP contribution in [0, 0.1) is 0 Å². The lowest BCUT2D eigenvalue weighted by Crippen LogP contribution is -2.53. The number of aromatic nitrogens is 3. The summed E-state index contributed by atoms with van der Waals surface area (Å²) in [6, 6.07) is 9.21. The fourth-order valence-electron chi connectivity index (χ4n) is 2.88. The highest BCUT2D eigenvalue weighted by atomic mass is 35.5. The molecule has 1 aliphatic rings. The summed E-state index contributed by atoms with van der Waals surface area (Å²) in [5.41, 5.74) is 2.61. The fraction of sp³-hybridized carbons (Fsp3) is 0.235. The Balaban J connectivity index is 1.76. The SMILES string of the molecule is Cn1c(-c2ccccc2Cl)nc2cc(C(=O)N3CC(O)C3)cnc21. The van der Waals surface area contributed by atoms with Gasteiger partial charge in [-0.1, -0.05) is 23.7 Å². The number of hydrogen-bond donors (Lipinski definition) is 1. The Hall–Kier alpha value is -2.44. The molecule has 24 heavy (non-hydrogen) atoms. The molecule has 0 aliphatic carbocycles. The number of aliphatic hydroxyl groups excluding tert-OH is 1. The number of amides is 1. The van der Waals surface area contributed by atoms with E-state index in [0.717, 1.165) is 5.56 Å². The van der Waals surface area contributed by atoms with Gasteiger partial charge in [-0.05, 0) is 18.2 Å². The van der Waals surface area contributed by atoms with Gasteiger partial charge in [0, 0.05) is 31.9 Å². The molecule has 3 heterocycles. The number of aliphatic hydroxyl groups is 1. The van der Waals surface area contributed by atoms with Crippen LogP contribution >= 0.6 is 11.6 Å². The Kier molecular flexibility index (Phi) is 3.51. The van der Waals surface area contributed by atoms with Crippen LogP contribution in [0.5, 0.6) is 0 Å². The number of halogens is 1. The summed E-state index contributed by atoms with van der Waals surface area (Å²) in [7, 11) is 1.87. The van der Waals surface area contributed by atoms with Gasteiger partial charge in [-0.3, -0.25) is 4.79 Å². The van der Waals surface area contributed by atoms with Crippen LogP contribution in [0.2, 0.25) is 5.02 Å². The molecule has 1 amide bonds. The number of benzene rings is 1. The van der Waals surface area contributed by atoms with Crippen molar-refractivity contribution in [1.82, 2.24) is 19.4 Å². The molecule has 3 aromatic rings. The number of likely N-dealkylation sites (tertiary alicyclic amines) is 1. The summed E-state index contributed by atoms with van der Waals surface area (Å²) >= 11 is 6.26. The number of rotatable bonds is 2. The molecule has 6 nitrogen and oxygen atoms in total. The number of imidazole rings is 1. The summed E-state index contributed by atoms with van der Waals surface area (Å²) in [6.07, 6.45) is 1.13. The van der Waals surface area contributed by atoms with Crippen molar-refractivity contribution >= 4 is 28.7 Å². The molecule has 122 valence electrons. The zero-order valence-corrected chi connectivity index (χ0v) is 13.7. The second-order valence-electron chi connectivity index (χ2n) is 5.90. The third kappa shape index (κ3) is 2.35. The first-order valence-electron chi connectivity index (χ1n) is 7.59. The van der Waals surface area contributed by atoms with E-state index in [9.17, 15) is 9.90 Å². The van der Waals surface area contributed by atoms with Gasteiger partial charge in [-0.15, -0.1) is 0 Å². The maximum Gasteiger partial charge on any atom is 0.255 e. The van der Waals surface area contributed by atoms with Gasteiger partial charge in [-0.2, -0.15) is 0 Å². The number of carbonyl (C=O) groups is 1. The van der Waals surface area contributed by atoms with Gasteiger partial charge in [0.2, 0.25) is 0 Å². The Labute approximate surface area is 143 Å². The second-order valence-corrected chi connectivity index (χ2v) is 6.31. The van der Waals surface area contributed by atoms with Gasteiger partial charge in [0.25, 0.3) is 5.91 Å². The highest BCUT2D eigenvalue weighted by molar-refractivity contribution is 6.33. The third-order valence-corrected chi connectivity index (χ3v) is 4.55. The zero-order valence-electron chi connectivity index (χ0n) is 13.0. The Morgan fingerprint density at radius 1 is 1.33 bits per heavy atom. The van der Waals surface area contributed by atoms with E-state index in [1.54, 1.807) is 17.2 Å². The summed E-state index contributed by atoms with van der Waals surface area (Å²) in [6.45, 7) is 0.730. The number of pyridine rings is 1. The van der Waals surface area contributed by atoms with Crippen molar-refractivity contribution in [2.45, 2.75) is 6.10 Å². The molecule has 1 aromatic carbocycles. The number of nitrogens with zero attached hydrogens (tertiary/aromatic N) is 4. The van der Waals surface area contributed by atoms with E-state index in [2.05, 4.69) is 9.97 Å². The van der Waals surface area contributed by atoms with Gasteiger partial charge < -0.3 is 14.6 Å². The van der Waals surface area contributed by atoms with Crippen molar-refractivity contribution in [1.29, 1.82) is 0 Å². The van der Waals surface area contributed by atoms with Crippen molar-refractivity contribution in [3.63, 3.8) is 0 Å². The molecule has 0 saturated carbocycles. The van der Waals surface area contributed by atoms with Crippen LogP contribution in [0.4, 0.5) is 0 Å². The zero-order chi connectivity index (χ0) is 16.8. The Bertz CT molecular complexity index is 947. The van der Waals surface area contributed by atoms with Crippen molar-refractivity contribution in [2.24, 2.45) is 7.05 Å². The quantitative estimate of drug-likeness (QED) is 0.774. The average Bonchev–Trinajstić information content (AvgIpc) is 2.88. The van der Waals surface area contributed by atoms with Crippen molar-refractivity contribution in [3.8, 4) is 11.4 Å². The molecule has 7 heteroatoms. The van der Waals surface area contributed by atoms with Crippen LogP contribution in [0.1, 0.15) is 10.4 Å². The number of β-amino-alcohol motifs (C(OH)–C–C–N with tert-alkyl or cyclic N) is 1. The van der Waals surface area contributed by atoms with E-state index < -0.39 is 6.10 Å². The molecule has 0 bridgehead atoms. The number of carbonyl (C=O) groups excluding carboxylic acids is 1. The fourth-order valence-corrected chi connectivity index (χ4v) is 3.10. The van der Waals surface area contributed by atoms with Crippen molar-refractivity contribution in [2.75, 3.05) is 13.1 Å². The topological polar surface area (TPSA) is 71.2 Å². The molecule has 0 atom stereocenters. The lowest BCUT2D eigenvalue weighted by molar-refractivity contribution is 0.00588. The standard InChI is InChI=1S/C17H15ClN4O2/c1-21-15(12-4-2-3-5-13(12)18)20-14-6-10(7-19-16(14)21)17(24)22-8-11(23)9-22/h2-7,11,23H,8-9H2,1H3. The molecule has 2 aromatic heterocycles. The van der Waals surface area contributed by atoms with Gasteiger partial charge >= 0.3 is 0 Å². The predicted octanol–water partition coefficient (Wildman–Crippen LogP) is 2.11. The number of hydrogen-bond acceptors (Lipinski definition) is 4. The molecule has 0 radical (unpaired) electrons. The smallest absolute Gasteiger partial charge is 0.255 e. The summed E-state index contributed by atoms with van der Waals surface area (Å²) in [5, 5.41) is 9.95. The molecule has 1 N–H and O–H groups in total. The first kappa shape index (κ1) is 15.1. The maximum atomic E-state index is 12.4. The van der Waals surface area contributed by atoms with Crippen LogP contribution in [-0.2, 0) is 7.05 Å². The van der Waals surface area contributed by atoms with Gasteiger partial charge in [0.1, 0.15) is 11.3 Å². The molecular formula is C17H15ClN4O2. The summed E-state index contributed by atoms with van der Waals surface area (Å²) < 4.78 is 1.86. The Morgan fingerprint density at radius 3 is 2.79 bits per heavy atom. The normalized spacial score (nSPS) is 14.9. The van der Waals surface area contributed by atoms with Crippen LogP contribution < -0.4 is 0 Å². The Morgan fingerprint density at radius 2 is 2.08 bits per heavy atom. The van der Waals surface area contributed by atoms with Gasteiger partial charge in [0.15, 0.2) is 5.65 Å². The third-order valence-electron chi connectivity index (χ3n) is 4.22. The first-order chi connectivity index (χ1) is 11.5. The van der Waals surface area contributed by atoms with Crippen LogP contribution in [0.3, 0.4) is 0 Å². The maximum absolute atomic E-state index is 12.4. The molecule has 0 unspecified atom stereocenters. The molecule has 4 rings (SSSR count). The van der Waals surface area contributed by atoms with Crippen molar-refractivity contribution in [3.05, 3.63) is 47.1 Å².